The van der Waals surface area contributed by atoms with Crippen molar-refractivity contribution in [3.8, 4) is 5.69 Å². The Hall–Kier alpha value is -2.24. The van der Waals surface area contributed by atoms with Crippen molar-refractivity contribution >= 4 is 12.2 Å². The van der Waals surface area contributed by atoms with Crippen LogP contribution in [0.25, 0.3) is 5.69 Å². The average molecular weight is 288 g/mol. The number of benzene rings is 1. The van der Waals surface area contributed by atoms with Crippen molar-refractivity contribution in [2.24, 2.45) is 0 Å². The molecule has 2 N–H and O–H groups in total. The molecule has 0 amide bonds. The lowest BCUT2D eigenvalue weighted by atomic mass is 9.97. The van der Waals surface area contributed by atoms with Crippen molar-refractivity contribution in [3.63, 3.8) is 0 Å². The Labute approximate surface area is 120 Å². The molecule has 1 fully saturated rings. The highest BCUT2D eigenvalue weighted by Crippen LogP contribution is 2.55. The Balaban J connectivity index is 1.92. The van der Waals surface area contributed by atoms with Crippen LogP contribution in [0.15, 0.2) is 18.2 Å². The van der Waals surface area contributed by atoms with Crippen LogP contribution in [0.3, 0.4) is 0 Å². The lowest BCUT2D eigenvalue weighted by Gasteiger charge is -2.14. The second kappa shape index (κ2) is 4.38. The van der Waals surface area contributed by atoms with E-state index in [4.69, 9.17) is 5.41 Å². The number of rotatable bonds is 3. The minimum absolute atomic E-state index is 0.262. The zero-order valence-corrected chi connectivity index (χ0v) is 11.2. The van der Waals surface area contributed by atoms with Gasteiger partial charge in [0.1, 0.15) is 11.5 Å². The Bertz CT molecular complexity index is 738. The maximum absolute atomic E-state index is 14.1. The Morgan fingerprint density at radius 2 is 2.10 bits per heavy atom. The molecule has 0 spiro atoms. The molecule has 1 heterocycles. The van der Waals surface area contributed by atoms with Crippen molar-refractivity contribution in [1.82, 2.24) is 9.78 Å². The number of fused-ring (bicyclic) bond motifs is 5. The van der Waals surface area contributed by atoms with Crippen molar-refractivity contribution in [2.75, 3.05) is 5.32 Å². The number of nitrogens with zero attached hydrogens (tertiary/aromatic N) is 2. The lowest BCUT2D eigenvalue weighted by Crippen LogP contribution is -2.07. The SMILES string of the molecule is N=CNc1nn(-c2ccc(F)cc2F)c2c1C1CCC2C1. The van der Waals surface area contributed by atoms with Crippen LogP contribution in [-0.4, -0.2) is 16.1 Å². The van der Waals surface area contributed by atoms with E-state index in [1.54, 1.807) is 4.68 Å². The minimum Gasteiger partial charge on any atom is -0.330 e. The van der Waals surface area contributed by atoms with Crippen molar-refractivity contribution in [3.05, 3.63) is 41.1 Å². The molecule has 0 radical (unpaired) electrons. The van der Waals surface area contributed by atoms with Gasteiger partial charge in [-0.05, 0) is 37.3 Å². The third kappa shape index (κ3) is 1.71. The van der Waals surface area contributed by atoms with Gasteiger partial charge in [-0.1, -0.05) is 0 Å². The molecular formula is C15H14F2N4. The summed E-state index contributed by atoms with van der Waals surface area (Å²) in [6, 6.07) is 3.53. The van der Waals surface area contributed by atoms with Crippen LogP contribution in [0.5, 0.6) is 0 Å². The van der Waals surface area contributed by atoms with E-state index in [1.807, 2.05) is 0 Å². The Morgan fingerprint density at radius 1 is 1.29 bits per heavy atom. The first kappa shape index (κ1) is 12.5. The molecule has 2 aliphatic carbocycles. The second-order valence-electron chi connectivity index (χ2n) is 5.65. The predicted molar refractivity (Wildman–Crippen MR) is 75.2 cm³/mol. The van der Waals surface area contributed by atoms with E-state index in [0.717, 1.165) is 42.9 Å². The van der Waals surface area contributed by atoms with Gasteiger partial charge in [0.05, 0.1) is 12.0 Å². The highest BCUT2D eigenvalue weighted by molar-refractivity contribution is 5.75. The molecule has 1 saturated carbocycles. The van der Waals surface area contributed by atoms with Crippen LogP contribution < -0.4 is 5.32 Å². The number of anilines is 1. The molecule has 4 nitrogen and oxygen atoms in total. The van der Waals surface area contributed by atoms with Crippen molar-refractivity contribution < 1.29 is 8.78 Å². The molecule has 108 valence electrons. The molecular weight excluding hydrogens is 274 g/mol. The molecule has 2 atom stereocenters. The monoisotopic (exact) mass is 288 g/mol. The molecule has 21 heavy (non-hydrogen) atoms. The van der Waals surface area contributed by atoms with E-state index in [-0.39, 0.29) is 5.69 Å². The van der Waals surface area contributed by atoms with Crippen LogP contribution in [0.4, 0.5) is 14.6 Å². The Morgan fingerprint density at radius 3 is 2.86 bits per heavy atom. The summed E-state index contributed by atoms with van der Waals surface area (Å²) in [5, 5.41) is 14.5. The molecule has 2 aromatic rings. The quantitative estimate of drug-likeness (QED) is 0.670. The highest BCUT2D eigenvalue weighted by Gasteiger charge is 2.43. The van der Waals surface area contributed by atoms with Gasteiger partial charge >= 0.3 is 0 Å². The van der Waals surface area contributed by atoms with E-state index >= 15 is 0 Å². The summed E-state index contributed by atoms with van der Waals surface area (Å²) < 4.78 is 28.8. The predicted octanol–water partition coefficient (Wildman–Crippen LogP) is 3.53. The number of aromatic nitrogens is 2. The summed E-state index contributed by atoms with van der Waals surface area (Å²) in [5.41, 5.74) is 2.37. The normalized spacial score (nSPS) is 22.4. The maximum atomic E-state index is 14.1. The summed E-state index contributed by atoms with van der Waals surface area (Å²) in [7, 11) is 0. The molecule has 2 aliphatic rings. The van der Waals surface area contributed by atoms with Gasteiger partial charge in [0.2, 0.25) is 0 Å². The van der Waals surface area contributed by atoms with Crippen LogP contribution in [-0.2, 0) is 0 Å². The first-order chi connectivity index (χ1) is 10.2. The van der Waals surface area contributed by atoms with Crippen molar-refractivity contribution in [1.29, 1.82) is 5.41 Å². The van der Waals surface area contributed by atoms with E-state index in [2.05, 4.69) is 10.4 Å². The summed E-state index contributed by atoms with van der Waals surface area (Å²) >= 11 is 0. The fourth-order valence-electron chi connectivity index (χ4n) is 3.74. The largest absolute Gasteiger partial charge is 0.330 e. The summed E-state index contributed by atoms with van der Waals surface area (Å²) in [5.74, 6) is 0.216. The fraction of sp³-hybridized carbons (Fsp3) is 0.333. The van der Waals surface area contributed by atoms with E-state index < -0.39 is 11.6 Å². The highest BCUT2D eigenvalue weighted by atomic mass is 19.1. The lowest BCUT2D eigenvalue weighted by molar-refractivity contribution is 0.567. The van der Waals surface area contributed by atoms with Crippen LogP contribution in [0.1, 0.15) is 42.4 Å². The molecule has 6 heteroatoms. The summed E-state index contributed by atoms with van der Waals surface area (Å²) in [4.78, 5) is 0. The molecule has 2 unspecified atom stereocenters. The van der Waals surface area contributed by atoms with Gasteiger partial charge in [-0.15, -0.1) is 5.10 Å². The zero-order chi connectivity index (χ0) is 14.6. The standard InChI is InChI=1S/C15H14F2N4/c16-10-3-4-12(11(17)6-10)21-14-9-2-1-8(5-9)13(14)15(20-21)19-7-18/h3-4,6-9H,1-2,5H2,(H2,18,19,20). The van der Waals surface area contributed by atoms with Gasteiger partial charge in [0.25, 0.3) is 0 Å². The molecule has 2 bridgehead atoms. The van der Waals surface area contributed by atoms with Gasteiger partial charge in [0.15, 0.2) is 11.6 Å². The summed E-state index contributed by atoms with van der Waals surface area (Å²) in [6.45, 7) is 0. The second-order valence-corrected chi connectivity index (χ2v) is 5.65. The van der Waals surface area contributed by atoms with E-state index in [0.29, 0.717) is 17.7 Å². The maximum Gasteiger partial charge on any atom is 0.157 e. The summed E-state index contributed by atoms with van der Waals surface area (Å²) in [6.07, 6.45) is 4.33. The van der Waals surface area contributed by atoms with Gasteiger partial charge in [0, 0.05) is 17.5 Å². The number of hydrogen-bond acceptors (Lipinski definition) is 2. The minimum atomic E-state index is -0.621. The van der Waals surface area contributed by atoms with Gasteiger partial charge < -0.3 is 5.32 Å². The van der Waals surface area contributed by atoms with Crippen LogP contribution >= 0.6 is 0 Å². The molecule has 4 rings (SSSR count). The van der Waals surface area contributed by atoms with E-state index in [1.165, 1.54) is 12.1 Å². The first-order valence-corrected chi connectivity index (χ1v) is 7.02. The van der Waals surface area contributed by atoms with Crippen LogP contribution in [0, 0.1) is 17.0 Å². The van der Waals surface area contributed by atoms with Gasteiger partial charge in [-0.2, -0.15) is 0 Å². The topological polar surface area (TPSA) is 53.7 Å². The Kier molecular flexibility index (Phi) is 2.60. The molecule has 1 aromatic carbocycles. The third-order valence-corrected chi connectivity index (χ3v) is 4.53. The van der Waals surface area contributed by atoms with E-state index in [9.17, 15) is 8.78 Å². The third-order valence-electron chi connectivity index (χ3n) is 4.53. The fourth-order valence-corrected chi connectivity index (χ4v) is 3.74. The average Bonchev–Trinajstić information content (AvgIpc) is 3.12. The molecule has 1 aromatic heterocycles. The first-order valence-electron chi connectivity index (χ1n) is 7.02. The van der Waals surface area contributed by atoms with Crippen molar-refractivity contribution in [2.45, 2.75) is 31.1 Å². The van der Waals surface area contributed by atoms with Gasteiger partial charge in [-0.3, -0.25) is 5.41 Å². The number of halogens is 2. The smallest absolute Gasteiger partial charge is 0.157 e. The number of hydrogen-bond donors (Lipinski definition) is 2. The molecule has 0 saturated heterocycles. The van der Waals surface area contributed by atoms with Crippen LogP contribution in [0.2, 0.25) is 0 Å². The number of nitrogens with one attached hydrogen (secondary N) is 2. The zero-order valence-electron chi connectivity index (χ0n) is 11.2. The van der Waals surface area contributed by atoms with Gasteiger partial charge in [-0.25, -0.2) is 13.5 Å². The molecule has 0 aliphatic heterocycles.